The van der Waals surface area contributed by atoms with Gasteiger partial charge in [0.1, 0.15) is 0 Å². The number of hydrogen-bond donors (Lipinski definition) is 2. The molecule has 2 fully saturated rings. The van der Waals surface area contributed by atoms with Gasteiger partial charge in [-0.3, -0.25) is 4.79 Å². The van der Waals surface area contributed by atoms with Gasteiger partial charge in [-0.05, 0) is 38.6 Å². The van der Waals surface area contributed by atoms with Gasteiger partial charge in [0.15, 0.2) is 0 Å². The molecule has 1 saturated heterocycles. The van der Waals surface area contributed by atoms with E-state index in [1.807, 2.05) is 0 Å². The van der Waals surface area contributed by atoms with Gasteiger partial charge in [-0.15, -0.1) is 0 Å². The van der Waals surface area contributed by atoms with Crippen molar-refractivity contribution in [2.24, 2.45) is 5.92 Å². The molecule has 3 unspecified atom stereocenters. The molecule has 0 radical (unpaired) electrons. The van der Waals surface area contributed by atoms with Crippen LogP contribution in [0.5, 0.6) is 0 Å². The van der Waals surface area contributed by atoms with E-state index in [9.17, 15) is 4.79 Å². The van der Waals surface area contributed by atoms with Gasteiger partial charge in [0.05, 0.1) is 12.0 Å². The van der Waals surface area contributed by atoms with Gasteiger partial charge in [0, 0.05) is 12.6 Å². The molecule has 1 aliphatic heterocycles. The molecule has 1 aliphatic carbocycles. The smallest absolute Gasteiger partial charge is 0.308 e. The van der Waals surface area contributed by atoms with Crippen LogP contribution in [0, 0.1) is 5.92 Å². The summed E-state index contributed by atoms with van der Waals surface area (Å²) in [5.74, 6) is -0.814. The molecule has 4 nitrogen and oxygen atoms in total. The lowest BCUT2D eigenvalue weighted by Crippen LogP contribution is -2.48. The van der Waals surface area contributed by atoms with E-state index in [0.29, 0.717) is 6.10 Å². The number of rotatable bonds is 5. The second-order valence-corrected chi connectivity index (χ2v) is 4.51. The molecule has 2 N–H and O–H groups in total. The first kappa shape index (κ1) is 10.9. The fraction of sp³-hybridized carbons (Fsp3) is 0.909. The van der Waals surface area contributed by atoms with Crippen LogP contribution in [0.4, 0.5) is 0 Å². The standard InChI is InChI=1S/C11H19NO3/c13-11(14)9-3-4-10(9)12-6-5-8-2-1-7-15-8/h8-10,12H,1-7H2,(H,13,14). The van der Waals surface area contributed by atoms with Crippen LogP contribution in [0.15, 0.2) is 0 Å². The maximum atomic E-state index is 10.7. The van der Waals surface area contributed by atoms with Crippen LogP contribution < -0.4 is 5.32 Å². The van der Waals surface area contributed by atoms with Crippen molar-refractivity contribution < 1.29 is 14.6 Å². The molecule has 2 aliphatic rings. The van der Waals surface area contributed by atoms with Crippen molar-refractivity contribution in [1.82, 2.24) is 5.32 Å². The van der Waals surface area contributed by atoms with Crippen LogP contribution >= 0.6 is 0 Å². The fourth-order valence-electron chi connectivity index (χ4n) is 2.34. The van der Waals surface area contributed by atoms with Crippen molar-refractivity contribution in [3.8, 4) is 0 Å². The molecule has 0 aromatic carbocycles. The Morgan fingerprint density at radius 2 is 2.27 bits per heavy atom. The van der Waals surface area contributed by atoms with Crippen LogP contribution in [-0.2, 0) is 9.53 Å². The Kier molecular flexibility index (Phi) is 3.59. The van der Waals surface area contributed by atoms with Crippen molar-refractivity contribution in [3.63, 3.8) is 0 Å². The third kappa shape index (κ3) is 2.69. The Balaban J connectivity index is 1.59. The van der Waals surface area contributed by atoms with Crippen LogP contribution in [0.1, 0.15) is 32.1 Å². The molecule has 0 spiro atoms. The van der Waals surface area contributed by atoms with Crippen molar-refractivity contribution in [2.75, 3.05) is 13.2 Å². The zero-order valence-electron chi connectivity index (χ0n) is 8.95. The number of hydrogen-bond acceptors (Lipinski definition) is 3. The van der Waals surface area contributed by atoms with E-state index in [4.69, 9.17) is 9.84 Å². The predicted molar refractivity (Wildman–Crippen MR) is 55.7 cm³/mol. The summed E-state index contributed by atoms with van der Waals surface area (Å²) in [7, 11) is 0. The molecule has 1 saturated carbocycles. The minimum Gasteiger partial charge on any atom is -0.481 e. The highest BCUT2D eigenvalue weighted by atomic mass is 16.5. The number of ether oxygens (including phenoxy) is 1. The van der Waals surface area contributed by atoms with Crippen molar-refractivity contribution >= 4 is 5.97 Å². The second kappa shape index (κ2) is 4.94. The molecular weight excluding hydrogens is 194 g/mol. The van der Waals surface area contributed by atoms with Gasteiger partial charge < -0.3 is 15.2 Å². The molecule has 0 amide bonds. The van der Waals surface area contributed by atoms with Gasteiger partial charge in [-0.25, -0.2) is 0 Å². The van der Waals surface area contributed by atoms with Crippen molar-refractivity contribution in [2.45, 2.75) is 44.2 Å². The van der Waals surface area contributed by atoms with E-state index in [2.05, 4.69) is 5.32 Å². The molecule has 2 rings (SSSR count). The monoisotopic (exact) mass is 213 g/mol. The van der Waals surface area contributed by atoms with Gasteiger partial charge in [-0.1, -0.05) is 0 Å². The first-order valence-corrected chi connectivity index (χ1v) is 5.85. The first-order valence-electron chi connectivity index (χ1n) is 5.85. The molecule has 15 heavy (non-hydrogen) atoms. The van der Waals surface area contributed by atoms with E-state index < -0.39 is 5.97 Å². The summed E-state index contributed by atoms with van der Waals surface area (Å²) in [5.41, 5.74) is 0. The Labute approximate surface area is 90.0 Å². The van der Waals surface area contributed by atoms with Gasteiger partial charge in [0.25, 0.3) is 0 Å². The van der Waals surface area contributed by atoms with E-state index in [1.54, 1.807) is 0 Å². The SMILES string of the molecule is O=C(O)C1CCC1NCCC1CCCO1. The Morgan fingerprint density at radius 3 is 2.80 bits per heavy atom. The summed E-state index contributed by atoms with van der Waals surface area (Å²) >= 11 is 0. The Hall–Kier alpha value is -0.610. The summed E-state index contributed by atoms with van der Waals surface area (Å²) in [4.78, 5) is 10.7. The highest BCUT2D eigenvalue weighted by molar-refractivity contribution is 5.72. The minimum atomic E-state index is -0.657. The minimum absolute atomic E-state index is 0.158. The van der Waals surface area contributed by atoms with E-state index in [0.717, 1.165) is 38.8 Å². The van der Waals surface area contributed by atoms with Crippen LogP contribution in [0.25, 0.3) is 0 Å². The molecule has 1 heterocycles. The molecule has 4 heteroatoms. The molecule has 0 bridgehead atoms. The number of carbonyl (C=O) groups is 1. The zero-order valence-corrected chi connectivity index (χ0v) is 8.95. The fourth-order valence-corrected chi connectivity index (χ4v) is 2.34. The summed E-state index contributed by atoms with van der Waals surface area (Å²) in [5, 5.41) is 12.2. The lowest BCUT2D eigenvalue weighted by molar-refractivity contribution is -0.146. The summed E-state index contributed by atoms with van der Waals surface area (Å²) in [6, 6.07) is 0.198. The maximum absolute atomic E-state index is 10.7. The summed E-state index contributed by atoms with van der Waals surface area (Å²) in [6.45, 7) is 1.78. The van der Waals surface area contributed by atoms with Crippen molar-refractivity contribution in [1.29, 1.82) is 0 Å². The first-order chi connectivity index (χ1) is 7.27. The third-order valence-electron chi connectivity index (χ3n) is 3.49. The lowest BCUT2D eigenvalue weighted by atomic mass is 9.79. The predicted octanol–water partition coefficient (Wildman–Crippen LogP) is 1.01. The molecular formula is C11H19NO3. The van der Waals surface area contributed by atoms with Crippen molar-refractivity contribution in [3.05, 3.63) is 0 Å². The summed E-state index contributed by atoms with van der Waals surface area (Å²) < 4.78 is 5.50. The number of carboxylic acids is 1. The van der Waals surface area contributed by atoms with Crippen LogP contribution in [-0.4, -0.2) is 36.4 Å². The average Bonchev–Trinajstić information content (AvgIpc) is 2.61. The van der Waals surface area contributed by atoms with E-state index in [1.165, 1.54) is 6.42 Å². The number of aliphatic carboxylic acids is 1. The second-order valence-electron chi connectivity index (χ2n) is 4.51. The molecule has 0 aromatic rings. The van der Waals surface area contributed by atoms with Crippen LogP contribution in [0.2, 0.25) is 0 Å². The topological polar surface area (TPSA) is 58.6 Å². The van der Waals surface area contributed by atoms with Gasteiger partial charge >= 0.3 is 5.97 Å². The van der Waals surface area contributed by atoms with Crippen LogP contribution in [0.3, 0.4) is 0 Å². The highest BCUT2D eigenvalue weighted by Gasteiger charge is 2.35. The molecule has 0 aromatic heterocycles. The summed E-state index contributed by atoms with van der Waals surface area (Å²) in [6.07, 6.45) is 5.58. The third-order valence-corrected chi connectivity index (χ3v) is 3.49. The Bertz CT molecular complexity index is 226. The zero-order chi connectivity index (χ0) is 10.7. The Morgan fingerprint density at radius 1 is 1.40 bits per heavy atom. The van der Waals surface area contributed by atoms with E-state index >= 15 is 0 Å². The number of nitrogens with one attached hydrogen (secondary N) is 1. The highest BCUT2D eigenvalue weighted by Crippen LogP contribution is 2.27. The van der Waals surface area contributed by atoms with Gasteiger partial charge in [-0.2, -0.15) is 0 Å². The number of carboxylic acid groups (broad SMARTS) is 1. The van der Waals surface area contributed by atoms with E-state index in [-0.39, 0.29) is 12.0 Å². The lowest BCUT2D eigenvalue weighted by Gasteiger charge is -2.34. The quantitative estimate of drug-likeness (QED) is 0.715. The molecule has 3 atom stereocenters. The largest absolute Gasteiger partial charge is 0.481 e. The normalized spacial score (nSPS) is 35.1. The molecule has 86 valence electrons. The maximum Gasteiger partial charge on any atom is 0.308 e. The van der Waals surface area contributed by atoms with Gasteiger partial charge in [0.2, 0.25) is 0 Å². The average molecular weight is 213 g/mol.